The van der Waals surface area contributed by atoms with E-state index in [0.717, 1.165) is 64.2 Å². The Balaban J connectivity index is 1.22. The number of fused-ring (bicyclic) bond motifs is 1. The molecule has 2 aliphatic rings. The number of rotatable bonds is 6. The van der Waals surface area contributed by atoms with Gasteiger partial charge in [-0.25, -0.2) is 4.98 Å². The number of aryl methyl sites for hydroxylation is 1. The van der Waals surface area contributed by atoms with E-state index in [2.05, 4.69) is 64.0 Å². The van der Waals surface area contributed by atoms with E-state index in [0.29, 0.717) is 12.6 Å². The molecule has 1 aromatic carbocycles. The summed E-state index contributed by atoms with van der Waals surface area (Å²) in [6, 6.07) is 10.9. The van der Waals surface area contributed by atoms with E-state index >= 15 is 0 Å². The molecule has 0 aliphatic carbocycles. The van der Waals surface area contributed by atoms with E-state index in [9.17, 15) is 4.79 Å². The number of nitrogens with one attached hydrogen (secondary N) is 1. The predicted octanol–water partition coefficient (Wildman–Crippen LogP) is 2.12. The van der Waals surface area contributed by atoms with E-state index < -0.39 is 0 Å². The van der Waals surface area contributed by atoms with Crippen LogP contribution in [0.1, 0.15) is 42.5 Å². The van der Waals surface area contributed by atoms with Crippen molar-refractivity contribution in [2.45, 2.75) is 51.7 Å². The van der Waals surface area contributed by atoms with Gasteiger partial charge >= 0.3 is 0 Å². The van der Waals surface area contributed by atoms with Gasteiger partial charge in [-0.1, -0.05) is 37.3 Å². The van der Waals surface area contributed by atoms with Crippen LogP contribution < -0.4 is 5.32 Å². The van der Waals surface area contributed by atoms with Crippen molar-refractivity contribution in [2.24, 2.45) is 7.05 Å². The number of hydrogen-bond donors (Lipinski definition) is 1. The topological polar surface area (TPSA) is 53.4 Å². The SMILES string of the molecule is CCc1nc2c(n1C)CN(CC(=O)NC1CCN(Cc3ccccc3)CC1)CC2. The third kappa shape index (κ3) is 4.87. The summed E-state index contributed by atoms with van der Waals surface area (Å²) in [4.78, 5) is 22.1. The van der Waals surface area contributed by atoms with Crippen LogP contribution in [-0.2, 0) is 37.8 Å². The third-order valence-electron chi connectivity index (χ3n) is 6.31. The normalized spacial score (nSPS) is 18.6. The number of imidazole rings is 1. The quantitative estimate of drug-likeness (QED) is 0.814. The fourth-order valence-corrected chi connectivity index (χ4v) is 4.60. The highest BCUT2D eigenvalue weighted by atomic mass is 16.2. The van der Waals surface area contributed by atoms with E-state index in [1.165, 1.54) is 17.0 Å². The van der Waals surface area contributed by atoms with Crippen molar-refractivity contribution in [3.8, 4) is 0 Å². The number of likely N-dealkylation sites (tertiary alicyclic amines) is 1. The second kappa shape index (κ2) is 9.09. The Morgan fingerprint density at radius 1 is 1.14 bits per heavy atom. The van der Waals surface area contributed by atoms with Crippen LogP contribution in [0.25, 0.3) is 0 Å². The van der Waals surface area contributed by atoms with E-state index in [1.54, 1.807) is 0 Å². The number of piperidine rings is 1. The first-order valence-electron chi connectivity index (χ1n) is 10.9. The Morgan fingerprint density at radius 2 is 1.90 bits per heavy atom. The number of hydrogen-bond acceptors (Lipinski definition) is 4. The predicted molar refractivity (Wildman–Crippen MR) is 114 cm³/mol. The summed E-state index contributed by atoms with van der Waals surface area (Å²) >= 11 is 0. The van der Waals surface area contributed by atoms with Crippen LogP contribution in [0.5, 0.6) is 0 Å². The van der Waals surface area contributed by atoms with Crippen LogP contribution >= 0.6 is 0 Å². The maximum atomic E-state index is 12.6. The van der Waals surface area contributed by atoms with Crippen molar-refractivity contribution >= 4 is 5.91 Å². The van der Waals surface area contributed by atoms with Gasteiger partial charge in [-0.2, -0.15) is 0 Å². The van der Waals surface area contributed by atoms with Gasteiger partial charge < -0.3 is 9.88 Å². The highest BCUT2D eigenvalue weighted by Gasteiger charge is 2.25. The second-order valence-corrected chi connectivity index (χ2v) is 8.40. The molecular weight excluding hydrogens is 362 g/mol. The van der Waals surface area contributed by atoms with Gasteiger partial charge in [0.15, 0.2) is 0 Å². The first kappa shape index (κ1) is 20.1. The molecule has 1 amide bonds. The molecule has 2 aromatic rings. The third-order valence-corrected chi connectivity index (χ3v) is 6.31. The zero-order valence-electron chi connectivity index (χ0n) is 17.7. The number of benzene rings is 1. The molecule has 4 rings (SSSR count). The van der Waals surface area contributed by atoms with E-state index in [4.69, 9.17) is 4.98 Å². The summed E-state index contributed by atoms with van der Waals surface area (Å²) in [5, 5.41) is 3.28. The molecule has 1 saturated heterocycles. The zero-order chi connectivity index (χ0) is 20.2. The lowest BCUT2D eigenvalue weighted by molar-refractivity contribution is -0.123. The summed E-state index contributed by atoms with van der Waals surface area (Å²) in [7, 11) is 2.09. The smallest absolute Gasteiger partial charge is 0.234 e. The number of carbonyl (C=O) groups is 1. The fraction of sp³-hybridized carbons (Fsp3) is 0.565. The largest absolute Gasteiger partial charge is 0.352 e. The van der Waals surface area contributed by atoms with Crippen LogP contribution in [0.15, 0.2) is 30.3 Å². The highest BCUT2D eigenvalue weighted by molar-refractivity contribution is 5.78. The Bertz CT molecular complexity index is 823. The van der Waals surface area contributed by atoms with Crippen LogP contribution in [0.2, 0.25) is 0 Å². The minimum absolute atomic E-state index is 0.160. The number of amides is 1. The van der Waals surface area contributed by atoms with Crippen LogP contribution in [0.4, 0.5) is 0 Å². The Morgan fingerprint density at radius 3 is 2.62 bits per heavy atom. The summed E-state index contributed by atoms with van der Waals surface area (Å²) in [5.74, 6) is 1.30. The van der Waals surface area contributed by atoms with Gasteiger partial charge in [0.2, 0.25) is 5.91 Å². The lowest BCUT2D eigenvalue weighted by Crippen LogP contribution is -2.48. The lowest BCUT2D eigenvalue weighted by Gasteiger charge is -2.33. The van der Waals surface area contributed by atoms with Gasteiger partial charge in [-0.15, -0.1) is 0 Å². The van der Waals surface area contributed by atoms with Gasteiger partial charge in [0.1, 0.15) is 5.82 Å². The van der Waals surface area contributed by atoms with Gasteiger partial charge in [0.05, 0.1) is 17.9 Å². The van der Waals surface area contributed by atoms with Gasteiger partial charge in [0, 0.05) is 58.7 Å². The molecule has 29 heavy (non-hydrogen) atoms. The molecule has 1 aromatic heterocycles. The highest BCUT2D eigenvalue weighted by Crippen LogP contribution is 2.20. The number of carbonyl (C=O) groups excluding carboxylic acids is 1. The van der Waals surface area contributed by atoms with E-state index in [-0.39, 0.29) is 5.91 Å². The number of nitrogens with zero attached hydrogens (tertiary/aromatic N) is 4. The molecule has 3 heterocycles. The molecule has 0 spiro atoms. The molecule has 1 fully saturated rings. The molecule has 0 saturated carbocycles. The van der Waals surface area contributed by atoms with Crippen LogP contribution in [-0.4, -0.2) is 57.5 Å². The fourth-order valence-electron chi connectivity index (χ4n) is 4.60. The standard InChI is InChI=1S/C23H33N5O/c1-3-22-25-20-11-14-28(16-21(20)26(22)2)17-23(29)24-19-9-12-27(13-10-19)15-18-7-5-4-6-8-18/h4-8,19H,3,9-17H2,1-2H3,(H,24,29). The molecule has 0 atom stereocenters. The first-order chi connectivity index (χ1) is 14.1. The van der Waals surface area contributed by atoms with Crippen molar-refractivity contribution in [2.75, 3.05) is 26.2 Å². The van der Waals surface area contributed by atoms with Gasteiger partial charge in [-0.05, 0) is 18.4 Å². The van der Waals surface area contributed by atoms with E-state index in [1.807, 2.05) is 0 Å². The average molecular weight is 396 g/mol. The molecule has 6 heteroatoms. The molecular formula is C23H33N5O. The van der Waals surface area contributed by atoms with Crippen molar-refractivity contribution in [3.05, 3.63) is 53.1 Å². The summed E-state index contributed by atoms with van der Waals surface area (Å²) in [6.07, 6.45) is 3.95. The molecule has 0 radical (unpaired) electrons. The average Bonchev–Trinajstić information content (AvgIpc) is 3.05. The summed E-state index contributed by atoms with van der Waals surface area (Å²) < 4.78 is 2.21. The number of aromatic nitrogens is 2. The molecule has 1 N–H and O–H groups in total. The van der Waals surface area contributed by atoms with Crippen molar-refractivity contribution in [1.29, 1.82) is 0 Å². The van der Waals surface area contributed by atoms with Gasteiger partial charge in [0.25, 0.3) is 0 Å². The molecule has 0 unspecified atom stereocenters. The monoisotopic (exact) mass is 395 g/mol. The maximum Gasteiger partial charge on any atom is 0.234 e. The first-order valence-corrected chi connectivity index (χ1v) is 10.9. The van der Waals surface area contributed by atoms with Crippen molar-refractivity contribution in [3.63, 3.8) is 0 Å². The minimum Gasteiger partial charge on any atom is -0.352 e. The zero-order valence-corrected chi connectivity index (χ0v) is 17.7. The Hall–Kier alpha value is -2.18. The maximum absolute atomic E-state index is 12.6. The van der Waals surface area contributed by atoms with Crippen LogP contribution in [0.3, 0.4) is 0 Å². The molecule has 2 aliphatic heterocycles. The molecule has 156 valence electrons. The Labute approximate surface area is 173 Å². The van der Waals surface area contributed by atoms with Crippen molar-refractivity contribution in [1.82, 2.24) is 24.7 Å². The Kier molecular flexibility index (Phi) is 6.31. The minimum atomic E-state index is 0.160. The summed E-state index contributed by atoms with van der Waals surface area (Å²) in [6.45, 7) is 7.45. The van der Waals surface area contributed by atoms with Crippen molar-refractivity contribution < 1.29 is 4.79 Å². The lowest BCUT2D eigenvalue weighted by atomic mass is 10.0. The van der Waals surface area contributed by atoms with Gasteiger partial charge in [-0.3, -0.25) is 14.6 Å². The second-order valence-electron chi connectivity index (χ2n) is 8.40. The summed E-state index contributed by atoms with van der Waals surface area (Å²) in [5.41, 5.74) is 3.85. The molecule has 6 nitrogen and oxygen atoms in total. The van der Waals surface area contributed by atoms with Crippen LogP contribution in [0, 0.1) is 0 Å². The molecule has 0 bridgehead atoms.